The Kier molecular flexibility index (Phi) is 3.80. The number of aromatic carboxylic acids is 1. The molecule has 1 amide bonds. The number of phenols is 1. The SMILES string of the molecule is Cc1ccc(O)c(C(=O)Nc2ccc(C(=O)O)cc2N)c1. The van der Waals surface area contributed by atoms with Crippen molar-refractivity contribution in [1.82, 2.24) is 0 Å². The van der Waals surface area contributed by atoms with E-state index < -0.39 is 11.9 Å². The van der Waals surface area contributed by atoms with E-state index in [1.54, 1.807) is 19.1 Å². The fourth-order valence-electron chi connectivity index (χ4n) is 1.83. The molecular formula is C15H14N2O4. The summed E-state index contributed by atoms with van der Waals surface area (Å²) < 4.78 is 0. The Bertz CT molecular complexity index is 726. The second-order valence-corrected chi connectivity index (χ2v) is 4.58. The number of carboxylic acid groups (broad SMARTS) is 1. The normalized spacial score (nSPS) is 10.1. The molecule has 6 nitrogen and oxygen atoms in total. The molecule has 0 saturated heterocycles. The first kappa shape index (κ1) is 14.4. The first-order valence-electron chi connectivity index (χ1n) is 6.12. The largest absolute Gasteiger partial charge is 0.507 e. The van der Waals surface area contributed by atoms with Gasteiger partial charge in [-0.3, -0.25) is 4.79 Å². The molecule has 0 bridgehead atoms. The van der Waals surface area contributed by atoms with E-state index in [0.29, 0.717) is 0 Å². The fraction of sp³-hybridized carbons (Fsp3) is 0.0667. The number of aromatic hydroxyl groups is 1. The van der Waals surface area contributed by atoms with Gasteiger partial charge in [0, 0.05) is 0 Å². The van der Waals surface area contributed by atoms with E-state index in [4.69, 9.17) is 10.8 Å². The van der Waals surface area contributed by atoms with Crippen LogP contribution in [0.5, 0.6) is 5.75 Å². The number of hydrogen-bond acceptors (Lipinski definition) is 4. The monoisotopic (exact) mass is 286 g/mol. The number of carbonyl (C=O) groups excluding carboxylic acids is 1. The van der Waals surface area contributed by atoms with Crippen LogP contribution in [0, 0.1) is 6.92 Å². The van der Waals surface area contributed by atoms with Crippen LogP contribution in [-0.2, 0) is 0 Å². The minimum Gasteiger partial charge on any atom is -0.507 e. The summed E-state index contributed by atoms with van der Waals surface area (Å²) in [5.41, 5.74) is 7.11. The lowest BCUT2D eigenvalue weighted by molar-refractivity contribution is 0.0696. The highest BCUT2D eigenvalue weighted by molar-refractivity contribution is 6.07. The molecule has 2 aromatic rings. The number of rotatable bonds is 3. The molecule has 0 saturated carbocycles. The molecule has 0 heterocycles. The maximum absolute atomic E-state index is 12.1. The molecule has 0 unspecified atom stereocenters. The standard InChI is InChI=1S/C15H14N2O4/c1-8-2-5-13(18)10(6-8)14(19)17-12-4-3-9(15(20)21)7-11(12)16/h2-7,18H,16H2,1H3,(H,17,19)(H,20,21). The third-order valence-electron chi connectivity index (χ3n) is 2.94. The highest BCUT2D eigenvalue weighted by Gasteiger charge is 2.14. The Morgan fingerprint density at radius 1 is 1.14 bits per heavy atom. The summed E-state index contributed by atoms with van der Waals surface area (Å²) in [7, 11) is 0. The molecule has 6 heteroatoms. The third kappa shape index (κ3) is 3.11. The number of nitrogens with one attached hydrogen (secondary N) is 1. The van der Waals surface area contributed by atoms with Crippen LogP contribution in [0.25, 0.3) is 0 Å². The molecule has 0 aliphatic carbocycles. The summed E-state index contributed by atoms with van der Waals surface area (Å²) >= 11 is 0. The molecule has 2 rings (SSSR count). The van der Waals surface area contributed by atoms with Crippen molar-refractivity contribution >= 4 is 23.3 Å². The topological polar surface area (TPSA) is 113 Å². The molecule has 0 fully saturated rings. The second kappa shape index (κ2) is 5.54. The van der Waals surface area contributed by atoms with Gasteiger partial charge in [0.05, 0.1) is 22.5 Å². The van der Waals surface area contributed by atoms with Crippen LogP contribution in [0.1, 0.15) is 26.3 Å². The summed E-state index contributed by atoms with van der Waals surface area (Å²) in [5.74, 6) is -1.76. The molecule has 0 aliphatic heterocycles. The van der Waals surface area contributed by atoms with Gasteiger partial charge in [-0.1, -0.05) is 11.6 Å². The van der Waals surface area contributed by atoms with Gasteiger partial charge in [-0.15, -0.1) is 0 Å². The number of nitrogens with two attached hydrogens (primary N) is 1. The summed E-state index contributed by atoms with van der Waals surface area (Å²) in [6, 6.07) is 8.66. The number of hydrogen-bond donors (Lipinski definition) is 4. The maximum atomic E-state index is 12.1. The Hall–Kier alpha value is -3.02. The van der Waals surface area contributed by atoms with Crippen LogP contribution in [0.4, 0.5) is 11.4 Å². The number of anilines is 2. The van der Waals surface area contributed by atoms with Gasteiger partial charge >= 0.3 is 5.97 Å². The van der Waals surface area contributed by atoms with Crippen molar-refractivity contribution in [2.24, 2.45) is 0 Å². The van der Waals surface area contributed by atoms with Gasteiger partial charge in [0.1, 0.15) is 5.75 Å². The van der Waals surface area contributed by atoms with Crippen molar-refractivity contribution in [1.29, 1.82) is 0 Å². The maximum Gasteiger partial charge on any atom is 0.335 e. The van der Waals surface area contributed by atoms with E-state index in [1.165, 1.54) is 24.3 Å². The van der Waals surface area contributed by atoms with E-state index in [1.807, 2.05) is 0 Å². The summed E-state index contributed by atoms with van der Waals surface area (Å²) in [6.07, 6.45) is 0. The van der Waals surface area contributed by atoms with E-state index in [9.17, 15) is 14.7 Å². The van der Waals surface area contributed by atoms with Crippen LogP contribution in [0.15, 0.2) is 36.4 Å². The quantitative estimate of drug-likeness (QED) is 0.646. The minimum atomic E-state index is -1.10. The van der Waals surface area contributed by atoms with Crippen molar-refractivity contribution in [2.45, 2.75) is 6.92 Å². The molecular weight excluding hydrogens is 272 g/mol. The van der Waals surface area contributed by atoms with Crippen LogP contribution in [0.3, 0.4) is 0 Å². The molecule has 0 aliphatic rings. The molecule has 2 aromatic carbocycles. The molecule has 21 heavy (non-hydrogen) atoms. The van der Waals surface area contributed by atoms with Crippen LogP contribution >= 0.6 is 0 Å². The Labute approximate surface area is 120 Å². The van der Waals surface area contributed by atoms with Crippen LogP contribution < -0.4 is 11.1 Å². The van der Waals surface area contributed by atoms with Gasteiger partial charge < -0.3 is 21.3 Å². The molecule has 5 N–H and O–H groups in total. The van der Waals surface area contributed by atoms with Gasteiger partial charge in [0.2, 0.25) is 0 Å². The zero-order chi connectivity index (χ0) is 15.6. The molecule has 0 spiro atoms. The number of nitrogen functional groups attached to an aromatic ring is 1. The lowest BCUT2D eigenvalue weighted by atomic mass is 10.1. The number of carbonyl (C=O) groups is 2. The summed E-state index contributed by atoms with van der Waals surface area (Å²) in [4.78, 5) is 22.9. The lowest BCUT2D eigenvalue weighted by Crippen LogP contribution is -2.14. The van der Waals surface area contributed by atoms with Crippen LogP contribution in [0.2, 0.25) is 0 Å². The average Bonchev–Trinajstić information content (AvgIpc) is 2.43. The van der Waals surface area contributed by atoms with E-state index in [0.717, 1.165) is 5.56 Å². The number of benzene rings is 2. The lowest BCUT2D eigenvalue weighted by Gasteiger charge is -2.10. The molecule has 0 aromatic heterocycles. The van der Waals surface area contributed by atoms with Crippen LogP contribution in [-0.4, -0.2) is 22.1 Å². The second-order valence-electron chi connectivity index (χ2n) is 4.58. The Morgan fingerprint density at radius 3 is 2.48 bits per heavy atom. The Balaban J connectivity index is 2.27. The zero-order valence-corrected chi connectivity index (χ0v) is 11.3. The zero-order valence-electron chi connectivity index (χ0n) is 11.3. The van der Waals surface area contributed by atoms with Gasteiger partial charge in [-0.05, 0) is 37.3 Å². The van der Waals surface area contributed by atoms with Gasteiger partial charge in [-0.25, -0.2) is 4.79 Å². The number of carboxylic acids is 1. The van der Waals surface area contributed by atoms with Gasteiger partial charge in [-0.2, -0.15) is 0 Å². The average molecular weight is 286 g/mol. The van der Waals surface area contributed by atoms with Crippen molar-refractivity contribution in [3.8, 4) is 5.75 Å². The number of phenolic OH excluding ortho intramolecular Hbond substituents is 1. The van der Waals surface area contributed by atoms with E-state index >= 15 is 0 Å². The van der Waals surface area contributed by atoms with Gasteiger partial charge in [0.25, 0.3) is 5.91 Å². The first-order chi connectivity index (χ1) is 9.88. The van der Waals surface area contributed by atoms with Crippen molar-refractivity contribution in [2.75, 3.05) is 11.1 Å². The van der Waals surface area contributed by atoms with Crippen molar-refractivity contribution in [3.05, 3.63) is 53.1 Å². The minimum absolute atomic E-state index is 0.0314. The van der Waals surface area contributed by atoms with Gasteiger partial charge in [0.15, 0.2) is 0 Å². The van der Waals surface area contributed by atoms with Crippen molar-refractivity contribution in [3.63, 3.8) is 0 Å². The first-order valence-corrected chi connectivity index (χ1v) is 6.12. The van der Waals surface area contributed by atoms with E-state index in [2.05, 4.69) is 5.32 Å². The molecule has 0 atom stereocenters. The predicted molar refractivity (Wildman–Crippen MR) is 78.6 cm³/mol. The Morgan fingerprint density at radius 2 is 1.86 bits per heavy atom. The van der Waals surface area contributed by atoms with Crippen molar-refractivity contribution < 1.29 is 19.8 Å². The summed E-state index contributed by atoms with van der Waals surface area (Å²) in [5, 5.41) is 21.1. The number of aryl methyl sites for hydroxylation is 1. The summed E-state index contributed by atoms with van der Waals surface area (Å²) in [6.45, 7) is 1.80. The number of amides is 1. The highest BCUT2D eigenvalue weighted by atomic mass is 16.4. The highest BCUT2D eigenvalue weighted by Crippen LogP contribution is 2.23. The van der Waals surface area contributed by atoms with E-state index in [-0.39, 0.29) is 28.3 Å². The molecule has 108 valence electrons. The molecule has 0 radical (unpaired) electrons. The fourth-order valence-corrected chi connectivity index (χ4v) is 1.83. The predicted octanol–water partition coefficient (Wildman–Crippen LogP) is 2.23. The third-order valence-corrected chi connectivity index (χ3v) is 2.94. The smallest absolute Gasteiger partial charge is 0.335 e.